The molecular formula is C28H33ClN4O3. The van der Waals surface area contributed by atoms with Crippen molar-refractivity contribution in [2.24, 2.45) is 0 Å². The number of halogens is 1. The van der Waals surface area contributed by atoms with Crippen LogP contribution in [0.5, 0.6) is 5.75 Å². The third-order valence-corrected chi connectivity index (χ3v) is 7.04. The van der Waals surface area contributed by atoms with E-state index in [-0.39, 0.29) is 18.1 Å². The molecule has 0 spiro atoms. The van der Waals surface area contributed by atoms with E-state index in [9.17, 15) is 4.79 Å². The minimum absolute atomic E-state index is 0.197. The minimum atomic E-state index is -0.585. The number of carbonyl (C=O) groups excluding carboxylic acids is 1. The Morgan fingerprint density at radius 3 is 2.50 bits per heavy atom. The summed E-state index contributed by atoms with van der Waals surface area (Å²) in [6.07, 6.45) is 3.67. The van der Waals surface area contributed by atoms with Crippen molar-refractivity contribution in [1.82, 2.24) is 19.7 Å². The molecule has 0 bridgehead atoms. The molecule has 0 atom stereocenters. The first-order valence-corrected chi connectivity index (χ1v) is 13.0. The number of rotatable bonds is 3. The summed E-state index contributed by atoms with van der Waals surface area (Å²) in [4.78, 5) is 14.7. The number of hydrogen-bond acceptors (Lipinski definition) is 5. The average Bonchev–Trinajstić information content (AvgIpc) is 3.15. The van der Waals surface area contributed by atoms with Gasteiger partial charge in [-0.25, -0.2) is 4.79 Å². The fourth-order valence-corrected chi connectivity index (χ4v) is 5.25. The molecule has 2 heterocycles. The van der Waals surface area contributed by atoms with Gasteiger partial charge in [0.05, 0.1) is 24.9 Å². The Bertz CT molecular complexity index is 1260. The zero-order valence-electron chi connectivity index (χ0n) is 21.3. The number of aromatic nitrogens is 3. The van der Waals surface area contributed by atoms with Crippen molar-refractivity contribution in [2.45, 2.75) is 84.1 Å². The molecule has 190 valence electrons. The standard InChI is InChI=1S/C28H33ClN4O3/c1-18-7-5-6-8-24(18)35-22-12-9-19(10-13-22)26-31-30-25-17-32(27(34)36-28(2,3)4)16-20-15-21(29)11-14-23(20)33(25)26/h5-8,11,14-15,19,22H,9-10,12-13,16-17H2,1-4H3. The molecule has 1 aliphatic carbocycles. The van der Waals surface area contributed by atoms with Crippen LogP contribution in [0.4, 0.5) is 4.79 Å². The van der Waals surface area contributed by atoms with E-state index in [4.69, 9.17) is 21.1 Å². The number of ether oxygens (including phenoxy) is 2. The van der Waals surface area contributed by atoms with Crippen LogP contribution in [0.3, 0.4) is 0 Å². The molecule has 0 saturated heterocycles. The molecule has 3 aromatic rings. The normalized spacial score (nSPS) is 19.8. The summed E-state index contributed by atoms with van der Waals surface area (Å²) in [5, 5.41) is 9.81. The van der Waals surface area contributed by atoms with Crippen LogP contribution in [0.25, 0.3) is 5.69 Å². The van der Waals surface area contributed by atoms with Crippen molar-refractivity contribution in [3.05, 3.63) is 70.3 Å². The number of para-hydroxylation sites is 1. The number of nitrogens with zero attached hydrogens (tertiary/aromatic N) is 4. The Balaban J connectivity index is 1.39. The maximum Gasteiger partial charge on any atom is 0.411 e. The number of fused-ring (bicyclic) bond motifs is 3. The zero-order valence-corrected chi connectivity index (χ0v) is 22.1. The Hall–Kier alpha value is -3.06. The smallest absolute Gasteiger partial charge is 0.411 e. The second kappa shape index (κ2) is 9.77. The lowest BCUT2D eigenvalue weighted by Gasteiger charge is -2.29. The predicted octanol–water partition coefficient (Wildman–Crippen LogP) is 6.59. The fraction of sp³-hybridized carbons (Fsp3) is 0.464. The maximum atomic E-state index is 13.0. The first kappa shape index (κ1) is 24.6. The molecule has 36 heavy (non-hydrogen) atoms. The summed E-state index contributed by atoms with van der Waals surface area (Å²) >= 11 is 6.36. The zero-order chi connectivity index (χ0) is 25.4. The van der Waals surface area contributed by atoms with Gasteiger partial charge in [0.25, 0.3) is 0 Å². The van der Waals surface area contributed by atoms with E-state index in [2.05, 4.69) is 27.8 Å². The number of carbonyl (C=O) groups is 1. The molecule has 1 amide bonds. The molecule has 0 radical (unpaired) electrons. The highest BCUT2D eigenvalue weighted by Crippen LogP contribution is 2.37. The quantitative estimate of drug-likeness (QED) is 0.399. The van der Waals surface area contributed by atoms with Gasteiger partial charge < -0.3 is 9.47 Å². The van der Waals surface area contributed by atoms with Gasteiger partial charge in [-0.1, -0.05) is 29.8 Å². The first-order chi connectivity index (χ1) is 17.2. The van der Waals surface area contributed by atoms with Gasteiger partial charge in [0.1, 0.15) is 17.2 Å². The molecule has 1 aromatic heterocycles. The lowest BCUT2D eigenvalue weighted by atomic mass is 9.86. The van der Waals surface area contributed by atoms with Crippen LogP contribution in [-0.2, 0) is 17.8 Å². The van der Waals surface area contributed by atoms with E-state index in [1.807, 2.05) is 57.2 Å². The molecule has 7 nitrogen and oxygen atoms in total. The molecule has 0 N–H and O–H groups in total. The van der Waals surface area contributed by atoms with E-state index in [1.54, 1.807) is 4.90 Å². The predicted molar refractivity (Wildman–Crippen MR) is 139 cm³/mol. The third kappa shape index (κ3) is 5.21. The van der Waals surface area contributed by atoms with Gasteiger partial charge in [0.15, 0.2) is 5.82 Å². The molecule has 0 unspecified atom stereocenters. The van der Waals surface area contributed by atoms with Gasteiger partial charge in [-0.05, 0) is 88.8 Å². The van der Waals surface area contributed by atoms with Crippen molar-refractivity contribution in [1.29, 1.82) is 0 Å². The summed E-state index contributed by atoms with van der Waals surface area (Å²) in [5.74, 6) is 2.90. The van der Waals surface area contributed by atoms with Crippen LogP contribution >= 0.6 is 11.6 Å². The van der Waals surface area contributed by atoms with Crippen molar-refractivity contribution >= 4 is 17.7 Å². The Kier molecular flexibility index (Phi) is 6.68. The van der Waals surface area contributed by atoms with Crippen molar-refractivity contribution in [3.63, 3.8) is 0 Å². The van der Waals surface area contributed by atoms with E-state index in [0.717, 1.165) is 59.9 Å². The largest absolute Gasteiger partial charge is 0.490 e. The van der Waals surface area contributed by atoms with Gasteiger partial charge >= 0.3 is 6.09 Å². The fourth-order valence-electron chi connectivity index (χ4n) is 5.05. The van der Waals surface area contributed by atoms with Gasteiger partial charge in [-0.15, -0.1) is 10.2 Å². The van der Waals surface area contributed by atoms with Gasteiger partial charge in [0, 0.05) is 10.9 Å². The van der Waals surface area contributed by atoms with Crippen molar-refractivity contribution < 1.29 is 14.3 Å². The molecule has 2 aliphatic rings. The van der Waals surface area contributed by atoms with Crippen LogP contribution in [0.15, 0.2) is 42.5 Å². The van der Waals surface area contributed by atoms with Crippen molar-refractivity contribution in [2.75, 3.05) is 0 Å². The van der Waals surface area contributed by atoms with E-state index in [1.165, 1.54) is 0 Å². The van der Waals surface area contributed by atoms with E-state index < -0.39 is 5.60 Å². The first-order valence-electron chi connectivity index (χ1n) is 12.6. The highest BCUT2D eigenvalue weighted by Gasteiger charge is 2.33. The Labute approximate surface area is 217 Å². The topological polar surface area (TPSA) is 69.5 Å². The summed E-state index contributed by atoms with van der Waals surface area (Å²) in [6, 6.07) is 14.0. The van der Waals surface area contributed by atoms with E-state index >= 15 is 0 Å². The molecule has 1 aliphatic heterocycles. The summed E-state index contributed by atoms with van der Waals surface area (Å²) in [7, 11) is 0. The summed E-state index contributed by atoms with van der Waals surface area (Å²) in [6.45, 7) is 8.40. The number of amides is 1. The van der Waals surface area contributed by atoms with Crippen LogP contribution < -0.4 is 4.74 Å². The SMILES string of the molecule is Cc1ccccc1OC1CCC(c2nnc3n2-c2ccc(Cl)cc2CN(C(=O)OC(C)(C)C)C3)CC1. The molecule has 1 fully saturated rings. The van der Waals surface area contributed by atoms with Crippen LogP contribution in [0.1, 0.15) is 75.1 Å². The van der Waals surface area contributed by atoms with E-state index in [0.29, 0.717) is 18.1 Å². The van der Waals surface area contributed by atoms with Crippen molar-refractivity contribution in [3.8, 4) is 11.4 Å². The summed E-state index contributed by atoms with van der Waals surface area (Å²) in [5.41, 5.74) is 2.49. The molecule has 2 aromatic carbocycles. The van der Waals surface area contributed by atoms with Gasteiger partial charge in [-0.3, -0.25) is 9.47 Å². The van der Waals surface area contributed by atoms with Crippen LogP contribution in [0, 0.1) is 6.92 Å². The van der Waals surface area contributed by atoms with Gasteiger partial charge in [-0.2, -0.15) is 0 Å². The average molecular weight is 509 g/mol. The molecule has 1 saturated carbocycles. The highest BCUT2D eigenvalue weighted by atomic mass is 35.5. The Morgan fingerprint density at radius 2 is 1.78 bits per heavy atom. The third-order valence-electron chi connectivity index (χ3n) is 6.81. The minimum Gasteiger partial charge on any atom is -0.490 e. The number of aryl methyl sites for hydroxylation is 1. The van der Waals surface area contributed by atoms with Crippen LogP contribution in [0.2, 0.25) is 5.02 Å². The summed E-state index contributed by atoms with van der Waals surface area (Å²) < 4.78 is 14.1. The second-order valence-corrected chi connectivity index (χ2v) is 11.2. The molecule has 5 rings (SSSR count). The highest BCUT2D eigenvalue weighted by molar-refractivity contribution is 6.30. The van der Waals surface area contributed by atoms with Gasteiger partial charge in [0.2, 0.25) is 0 Å². The lowest BCUT2D eigenvalue weighted by Crippen LogP contribution is -2.35. The Morgan fingerprint density at radius 1 is 1.03 bits per heavy atom. The molecular weight excluding hydrogens is 476 g/mol. The maximum absolute atomic E-state index is 13.0. The number of benzene rings is 2. The molecule has 8 heteroatoms. The monoisotopic (exact) mass is 508 g/mol. The lowest BCUT2D eigenvalue weighted by molar-refractivity contribution is 0.0214. The van der Waals surface area contributed by atoms with Crippen LogP contribution in [-0.4, -0.2) is 37.5 Å². The number of hydrogen-bond donors (Lipinski definition) is 0. The second-order valence-electron chi connectivity index (χ2n) is 10.8.